The largest absolute Gasteiger partial charge is 0.336 e. The first-order valence-corrected chi connectivity index (χ1v) is 7.21. The molecule has 120 valence electrons. The van der Waals surface area contributed by atoms with Gasteiger partial charge in [0, 0.05) is 0 Å². The smallest absolute Gasteiger partial charge is 0.329 e. The maximum absolute atomic E-state index is 12.5. The third kappa shape index (κ3) is 2.74. The van der Waals surface area contributed by atoms with Crippen LogP contribution in [0.3, 0.4) is 0 Å². The summed E-state index contributed by atoms with van der Waals surface area (Å²) >= 11 is 0. The highest BCUT2D eigenvalue weighted by molar-refractivity contribution is 6.20. The highest BCUT2D eigenvalue weighted by Gasteiger charge is 2.40. The van der Waals surface area contributed by atoms with E-state index in [1.165, 1.54) is 12.1 Å². The highest BCUT2D eigenvalue weighted by Crippen LogP contribution is 2.32. The number of nitrogens with zero attached hydrogens (tertiary/aromatic N) is 1. The van der Waals surface area contributed by atoms with Gasteiger partial charge >= 0.3 is 5.97 Å². The van der Waals surface area contributed by atoms with Crippen molar-refractivity contribution < 1.29 is 28.0 Å². The number of halogens is 2. The molecule has 1 aliphatic carbocycles. The van der Waals surface area contributed by atoms with E-state index < -0.39 is 29.8 Å². The summed E-state index contributed by atoms with van der Waals surface area (Å²) in [5.74, 6) is -2.71. The van der Waals surface area contributed by atoms with E-state index in [2.05, 4.69) is 0 Å². The molecule has 2 aliphatic rings. The lowest BCUT2D eigenvalue weighted by molar-refractivity contribution is -0.174. The molecule has 0 saturated heterocycles. The van der Waals surface area contributed by atoms with Gasteiger partial charge in [0.05, 0.1) is 17.0 Å². The van der Waals surface area contributed by atoms with Crippen LogP contribution in [0, 0.1) is 5.92 Å². The van der Waals surface area contributed by atoms with E-state index in [1.54, 1.807) is 12.1 Å². The van der Waals surface area contributed by atoms with E-state index in [9.17, 15) is 23.2 Å². The van der Waals surface area contributed by atoms with Crippen LogP contribution < -0.4 is 0 Å². The molecule has 0 N–H and O–H groups in total. The molecule has 1 heterocycles. The number of fused-ring (bicyclic) bond motifs is 1. The average molecular weight is 321 g/mol. The van der Waals surface area contributed by atoms with E-state index in [4.69, 9.17) is 4.84 Å². The Balaban J connectivity index is 1.67. The lowest BCUT2D eigenvalue weighted by Crippen LogP contribution is -2.35. The van der Waals surface area contributed by atoms with Crippen LogP contribution in [0.2, 0.25) is 0 Å². The molecule has 1 saturated carbocycles. The standard InChI is InChI=1S/C16H13F2NO4/c17-13(18)9-5-7-10(8-6-9)16(22)23-19-14(20)11-3-1-2-4-12(11)15(19)21/h1-4,10H,5-8H2. The Morgan fingerprint density at radius 1 is 1.04 bits per heavy atom. The Hall–Kier alpha value is -2.57. The predicted molar refractivity (Wildman–Crippen MR) is 74.2 cm³/mol. The van der Waals surface area contributed by atoms with Gasteiger partial charge in [0.2, 0.25) is 0 Å². The van der Waals surface area contributed by atoms with Crippen molar-refractivity contribution in [3.05, 3.63) is 47.0 Å². The van der Waals surface area contributed by atoms with E-state index in [0.717, 1.165) is 0 Å². The molecular formula is C16H13F2NO4. The third-order valence-electron chi connectivity index (χ3n) is 4.13. The number of carbonyl (C=O) groups is 3. The van der Waals surface area contributed by atoms with Gasteiger partial charge in [0.15, 0.2) is 0 Å². The van der Waals surface area contributed by atoms with Crippen molar-refractivity contribution in [2.75, 3.05) is 0 Å². The molecule has 2 amide bonds. The van der Waals surface area contributed by atoms with E-state index in [1.807, 2.05) is 0 Å². The van der Waals surface area contributed by atoms with E-state index in [0.29, 0.717) is 5.06 Å². The molecule has 1 aromatic carbocycles. The van der Waals surface area contributed by atoms with Crippen molar-refractivity contribution in [3.63, 3.8) is 0 Å². The molecule has 0 unspecified atom stereocenters. The number of hydrogen-bond acceptors (Lipinski definition) is 4. The zero-order valence-electron chi connectivity index (χ0n) is 12.1. The maximum Gasteiger partial charge on any atom is 0.336 e. The lowest BCUT2D eigenvalue weighted by atomic mass is 9.86. The van der Waals surface area contributed by atoms with Gasteiger partial charge in [0.1, 0.15) is 0 Å². The molecule has 1 aliphatic heterocycles. The molecule has 23 heavy (non-hydrogen) atoms. The summed E-state index contributed by atoms with van der Waals surface area (Å²) in [5, 5.41) is 0.452. The van der Waals surface area contributed by atoms with Crippen LogP contribution in [0.4, 0.5) is 8.78 Å². The molecular weight excluding hydrogens is 308 g/mol. The van der Waals surface area contributed by atoms with Crippen molar-refractivity contribution in [2.24, 2.45) is 5.92 Å². The summed E-state index contributed by atoms with van der Waals surface area (Å²) in [7, 11) is 0. The number of hydrogen-bond donors (Lipinski definition) is 0. The second-order valence-corrected chi connectivity index (χ2v) is 5.50. The van der Waals surface area contributed by atoms with Crippen molar-refractivity contribution in [3.8, 4) is 0 Å². The third-order valence-corrected chi connectivity index (χ3v) is 4.13. The average Bonchev–Trinajstić information content (AvgIpc) is 2.80. The van der Waals surface area contributed by atoms with Crippen LogP contribution in [0.1, 0.15) is 46.4 Å². The van der Waals surface area contributed by atoms with Gasteiger partial charge < -0.3 is 4.84 Å². The quantitative estimate of drug-likeness (QED) is 0.785. The predicted octanol–water partition coefficient (Wildman–Crippen LogP) is 3.08. The van der Waals surface area contributed by atoms with E-state index in [-0.39, 0.29) is 42.4 Å². The zero-order chi connectivity index (χ0) is 16.6. The number of imide groups is 1. The lowest BCUT2D eigenvalue weighted by Gasteiger charge is -2.23. The molecule has 0 atom stereocenters. The van der Waals surface area contributed by atoms with Gasteiger partial charge in [0.25, 0.3) is 17.9 Å². The fraction of sp³-hybridized carbons (Fsp3) is 0.312. The summed E-state index contributed by atoms with van der Waals surface area (Å²) in [5.41, 5.74) is 0.409. The highest BCUT2D eigenvalue weighted by atomic mass is 19.3. The van der Waals surface area contributed by atoms with Gasteiger partial charge in [-0.15, -0.1) is 0 Å². The fourth-order valence-electron chi connectivity index (χ4n) is 2.81. The van der Waals surface area contributed by atoms with Crippen molar-refractivity contribution in [2.45, 2.75) is 25.7 Å². The molecule has 0 bridgehead atoms. The SMILES string of the molecule is O=C(ON1C(=O)c2ccccc2C1=O)C1CCC(=C(F)F)CC1. The molecule has 5 nitrogen and oxygen atoms in total. The van der Waals surface area contributed by atoms with E-state index >= 15 is 0 Å². The topological polar surface area (TPSA) is 63.7 Å². The second-order valence-electron chi connectivity index (χ2n) is 5.50. The van der Waals surface area contributed by atoms with Crippen LogP contribution in [-0.2, 0) is 9.63 Å². The van der Waals surface area contributed by atoms with Crippen molar-refractivity contribution >= 4 is 17.8 Å². The van der Waals surface area contributed by atoms with Gasteiger partial charge in [-0.05, 0) is 43.4 Å². The van der Waals surface area contributed by atoms with Crippen molar-refractivity contribution in [1.82, 2.24) is 5.06 Å². The number of allylic oxidation sites excluding steroid dienone is 1. The molecule has 0 radical (unpaired) electrons. The maximum atomic E-state index is 12.5. The summed E-state index contributed by atoms with van der Waals surface area (Å²) in [6.45, 7) is 0. The zero-order valence-corrected chi connectivity index (χ0v) is 12.1. The van der Waals surface area contributed by atoms with Crippen LogP contribution in [0.25, 0.3) is 0 Å². The Labute approximate surface area is 130 Å². The second kappa shape index (κ2) is 5.91. The monoisotopic (exact) mass is 321 g/mol. The molecule has 0 aromatic heterocycles. The Morgan fingerprint density at radius 3 is 2.04 bits per heavy atom. The number of carbonyl (C=O) groups excluding carboxylic acids is 3. The van der Waals surface area contributed by atoms with Gasteiger partial charge in [-0.1, -0.05) is 17.2 Å². The first-order valence-electron chi connectivity index (χ1n) is 7.21. The molecule has 1 aromatic rings. The van der Waals surface area contributed by atoms with Crippen LogP contribution in [-0.4, -0.2) is 22.8 Å². The Bertz CT molecular complexity index is 680. The molecule has 3 rings (SSSR count). The van der Waals surface area contributed by atoms with Gasteiger partial charge in [-0.3, -0.25) is 9.59 Å². The summed E-state index contributed by atoms with van der Waals surface area (Å²) in [6, 6.07) is 6.17. The van der Waals surface area contributed by atoms with Crippen LogP contribution in [0.15, 0.2) is 35.9 Å². The molecule has 1 fully saturated rings. The normalized spacial score (nSPS) is 20.5. The van der Waals surface area contributed by atoms with Crippen LogP contribution in [0.5, 0.6) is 0 Å². The fourth-order valence-corrected chi connectivity index (χ4v) is 2.81. The molecule has 7 heteroatoms. The first-order chi connectivity index (χ1) is 11.0. The summed E-state index contributed by atoms with van der Waals surface area (Å²) in [6.07, 6.45) is -1.03. The number of rotatable bonds is 2. The minimum atomic E-state index is -1.70. The molecule has 0 spiro atoms. The van der Waals surface area contributed by atoms with Gasteiger partial charge in [-0.25, -0.2) is 4.79 Å². The number of amides is 2. The summed E-state index contributed by atoms with van der Waals surface area (Å²) in [4.78, 5) is 41.2. The first kappa shape index (κ1) is 15.3. The minimum Gasteiger partial charge on any atom is -0.329 e. The summed E-state index contributed by atoms with van der Waals surface area (Å²) < 4.78 is 25.0. The number of benzene rings is 1. The Morgan fingerprint density at radius 2 is 1.57 bits per heavy atom. The minimum absolute atomic E-state index is 0.0507. The number of hydroxylamine groups is 2. The van der Waals surface area contributed by atoms with Gasteiger partial charge in [-0.2, -0.15) is 8.78 Å². The Kier molecular flexibility index (Phi) is 3.94. The van der Waals surface area contributed by atoms with Crippen molar-refractivity contribution in [1.29, 1.82) is 0 Å². The van der Waals surface area contributed by atoms with Crippen LogP contribution >= 0.6 is 0 Å².